The van der Waals surface area contributed by atoms with Gasteiger partial charge in [-0.2, -0.15) is 0 Å². The van der Waals surface area contributed by atoms with Crippen LogP contribution >= 0.6 is 0 Å². The first-order valence-corrected chi connectivity index (χ1v) is 7.96. The van der Waals surface area contributed by atoms with E-state index < -0.39 is 0 Å². The number of piperidine rings is 1. The maximum absolute atomic E-state index is 12.7. The molecule has 110 valence electrons. The van der Waals surface area contributed by atoms with Crippen molar-refractivity contribution in [3.05, 3.63) is 0 Å². The molecule has 1 heterocycles. The number of ether oxygens (including phenoxy) is 1. The molecule has 1 aliphatic carbocycles. The zero-order chi connectivity index (χ0) is 13.8. The summed E-state index contributed by atoms with van der Waals surface area (Å²) in [6.07, 6.45) is 8.16. The van der Waals surface area contributed by atoms with Gasteiger partial charge in [-0.1, -0.05) is 13.8 Å². The lowest BCUT2D eigenvalue weighted by Gasteiger charge is -2.41. The number of likely N-dealkylation sites (tertiary alicyclic amines) is 1. The first-order chi connectivity index (χ1) is 9.13. The van der Waals surface area contributed by atoms with Crippen LogP contribution < -0.4 is 0 Å². The van der Waals surface area contributed by atoms with E-state index in [1.807, 2.05) is 0 Å². The zero-order valence-electron chi connectivity index (χ0n) is 12.7. The van der Waals surface area contributed by atoms with Gasteiger partial charge in [0.05, 0.1) is 6.10 Å². The average molecular weight is 267 g/mol. The molecule has 1 aliphatic heterocycles. The molecule has 1 atom stereocenters. The van der Waals surface area contributed by atoms with Crippen molar-refractivity contribution in [3.63, 3.8) is 0 Å². The van der Waals surface area contributed by atoms with Gasteiger partial charge in [0.25, 0.3) is 0 Å². The number of carbonyl (C=O) groups excluding carboxylic acids is 1. The Balaban J connectivity index is 1.94. The molecule has 3 heteroatoms. The van der Waals surface area contributed by atoms with Crippen LogP contribution in [0.15, 0.2) is 0 Å². The Bertz CT molecular complexity index is 295. The van der Waals surface area contributed by atoms with Crippen LogP contribution in [-0.2, 0) is 9.53 Å². The third kappa shape index (κ3) is 3.50. The van der Waals surface area contributed by atoms with Crippen LogP contribution in [0.4, 0.5) is 0 Å². The Kier molecular flexibility index (Phi) is 5.26. The normalized spacial score (nSPS) is 32.6. The van der Waals surface area contributed by atoms with Gasteiger partial charge >= 0.3 is 0 Å². The molecule has 2 aliphatic rings. The molecule has 1 amide bonds. The van der Waals surface area contributed by atoms with Gasteiger partial charge in [-0.15, -0.1) is 0 Å². The van der Waals surface area contributed by atoms with Crippen molar-refractivity contribution in [2.24, 2.45) is 11.8 Å². The molecular formula is C16H29NO2. The Morgan fingerprint density at radius 2 is 1.79 bits per heavy atom. The van der Waals surface area contributed by atoms with Gasteiger partial charge in [-0.3, -0.25) is 4.79 Å². The topological polar surface area (TPSA) is 29.5 Å². The summed E-state index contributed by atoms with van der Waals surface area (Å²) in [7, 11) is 1.78. The van der Waals surface area contributed by atoms with Crippen molar-refractivity contribution < 1.29 is 9.53 Å². The standard InChI is InChI=1S/C16H29NO2/c1-12(2)15-6-4-5-11-17(15)16(18)13-7-9-14(19-3)10-8-13/h12-15H,4-11H2,1-3H3. The highest BCUT2D eigenvalue weighted by atomic mass is 16.5. The number of methoxy groups -OCH3 is 1. The van der Waals surface area contributed by atoms with Crippen LogP contribution in [0.1, 0.15) is 58.8 Å². The second-order valence-corrected chi connectivity index (χ2v) is 6.55. The minimum absolute atomic E-state index is 0.255. The monoisotopic (exact) mass is 267 g/mol. The summed E-state index contributed by atoms with van der Waals surface area (Å²) in [4.78, 5) is 14.9. The van der Waals surface area contributed by atoms with Crippen molar-refractivity contribution in [2.45, 2.75) is 70.9 Å². The van der Waals surface area contributed by atoms with Crippen molar-refractivity contribution in [1.29, 1.82) is 0 Å². The second kappa shape index (κ2) is 6.74. The second-order valence-electron chi connectivity index (χ2n) is 6.55. The van der Waals surface area contributed by atoms with Gasteiger partial charge in [-0.25, -0.2) is 0 Å². The van der Waals surface area contributed by atoms with Gasteiger partial charge in [-0.05, 0) is 50.9 Å². The van der Waals surface area contributed by atoms with Crippen molar-refractivity contribution in [2.75, 3.05) is 13.7 Å². The number of amides is 1. The van der Waals surface area contributed by atoms with Crippen LogP contribution in [0.2, 0.25) is 0 Å². The Morgan fingerprint density at radius 3 is 2.37 bits per heavy atom. The lowest BCUT2D eigenvalue weighted by Crippen LogP contribution is -2.49. The molecule has 1 saturated carbocycles. The van der Waals surface area contributed by atoms with Crippen LogP contribution in [0.5, 0.6) is 0 Å². The third-order valence-corrected chi connectivity index (χ3v) is 4.96. The van der Waals surface area contributed by atoms with E-state index in [0.717, 1.165) is 32.2 Å². The van der Waals surface area contributed by atoms with Gasteiger partial charge in [0.15, 0.2) is 0 Å². The van der Waals surface area contributed by atoms with E-state index in [2.05, 4.69) is 18.7 Å². The number of rotatable bonds is 3. The van der Waals surface area contributed by atoms with E-state index >= 15 is 0 Å². The molecule has 1 saturated heterocycles. The maximum Gasteiger partial charge on any atom is 0.225 e. The molecule has 0 aromatic heterocycles. The lowest BCUT2D eigenvalue weighted by atomic mass is 9.84. The van der Waals surface area contributed by atoms with E-state index in [9.17, 15) is 4.79 Å². The highest BCUT2D eigenvalue weighted by Crippen LogP contribution is 2.31. The fourth-order valence-electron chi connectivity index (χ4n) is 3.70. The molecule has 0 aromatic carbocycles. The maximum atomic E-state index is 12.7. The van der Waals surface area contributed by atoms with E-state index in [1.165, 1.54) is 19.3 Å². The summed E-state index contributed by atoms with van der Waals surface area (Å²) in [6, 6.07) is 0.474. The number of nitrogens with zero attached hydrogens (tertiary/aromatic N) is 1. The molecule has 2 fully saturated rings. The molecule has 2 rings (SSSR count). The quantitative estimate of drug-likeness (QED) is 0.785. The van der Waals surface area contributed by atoms with Crippen molar-refractivity contribution >= 4 is 5.91 Å². The molecule has 19 heavy (non-hydrogen) atoms. The first-order valence-electron chi connectivity index (χ1n) is 7.96. The average Bonchev–Trinajstić information content (AvgIpc) is 2.46. The molecule has 0 bridgehead atoms. The summed E-state index contributed by atoms with van der Waals surface area (Å²) in [6.45, 7) is 5.47. The minimum atomic E-state index is 0.255. The van der Waals surface area contributed by atoms with Crippen molar-refractivity contribution in [1.82, 2.24) is 4.90 Å². The summed E-state index contributed by atoms with van der Waals surface area (Å²) in [5, 5.41) is 0. The van der Waals surface area contributed by atoms with Crippen LogP contribution in [0.3, 0.4) is 0 Å². The number of hydrogen-bond donors (Lipinski definition) is 0. The van der Waals surface area contributed by atoms with Gasteiger partial charge in [0.1, 0.15) is 0 Å². The molecule has 1 unspecified atom stereocenters. The van der Waals surface area contributed by atoms with Crippen LogP contribution in [0.25, 0.3) is 0 Å². The summed E-state index contributed by atoms with van der Waals surface area (Å²) in [5.74, 6) is 1.26. The van der Waals surface area contributed by atoms with E-state index in [-0.39, 0.29) is 5.92 Å². The molecule has 0 N–H and O–H groups in total. The van der Waals surface area contributed by atoms with Crippen LogP contribution in [0, 0.1) is 11.8 Å². The molecule has 0 aromatic rings. The molecule has 0 radical (unpaired) electrons. The molecular weight excluding hydrogens is 238 g/mol. The van der Waals surface area contributed by atoms with Crippen molar-refractivity contribution in [3.8, 4) is 0 Å². The first kappa shape index (κ1) is 14.8. The van der Waals surface area contributed by atoms with E-state index in [4.69, 9.17) is 4.74 Å². The number of hydrogen-bond acceptors (Lipinski definition) is 2. The summed E-state index contributed by atoms with van der Waals surface area (Å²) in [5.41, 5.74) is 0. The lowest BCUT2D eigenvalue weighted by molar-refractivity contribution is -0.142. The Labute approximate surface area is 117 Å². The highest BCUT2D eigenvalue weighted by molar-refractivity contribution is 5.79. The zero-order valence-corrected chi connectivity index (χ0v) is 12.7. The summed E-state index contributed by atoms with van der Waals surface area (Å²) >= 11 is 0. The smallest absolute Gasteiger partial charge is 0.225 e. The Hall–Kier alpha value is -0.570. The Morgan fingerprint density at radius 1 is 1.11 bits per heavy atom. The van der Waals surface area contributed by atoms with Gasteiger partial charge in [0.2, 0.25) is 5.91 Å². The minimum Gasteiger partial charge on any atom is -0.381 e. The fourth-order valence-corrected chi connectivity index (χ4v) is 3.70. The SMILES string of the molecule is COC1CCC(C(=O)N2CCCCC2C(C)C)CC1. The predicted octanol–water partition coefficient (Wildman–Crippen LogP) is 3.23. The van der Waals surface area contributed by atoms with E-state index in [1.54, 1.807) is 7.11 Å². The number of carbonyl (C=O) groups is 1. The van der Waals surface area contributed by atoms with Gasteiger partial charge < -0.3 is 9.64 Å². The molecule has 0 spiro atoms. The third-order valence-electron chi connectivity index (χ3n) is 4.96. The molecule has 3 nitrogen and oxygen atoms in total. The van der Waals surface area contributed by atoms with Crippen LogP contribution in [-0.4, -0.2) is 36.6 Å². The highest BCUT2D eigenvalue weighted by Gasteiger charge is 2.34. The largest absolute Gasteiger partial charge is 0.381 e. The fraction of sp³-hybridized carbons (Fsp3) is 0.938. The predicted molar refractivity (Wildman–Crippen MR) is 76.9 cm³/mol. The summed E-state index contributed by atoms with van der Waals surface area (Å²) < 4.78 is 5.40. The van der Waals surface area contributed by atoms with Gasteiger partial charge in [0, 0.05) is 25.6 Å². The van der Waals surface area contributed by atoms with E-state index in [0.29, 0.717) is 24.0 Å².